The monoisotopic (exact) mass is 761 g/mol. The molecule has 5 aromatic rings. The standard InChI is InChI=1S/C39H38ClF2N5O5S/c1-3-5-11-36-44-47(34-22-28(17-18-31(34)40)43-37(48)25-13-14-25)39(50)46(36)23-27-16-15-26(21-33(27)42)30-20-24(8-4-2)12-19-35(30)53(51,52)45-38(49)29-9-6-7-10-32(29)41/h6-7,9-10,12,15-22,25H,3-5,8,11,13-14,23H2,1-2H3,(H,43,48)(H,45,49). The molecule has 0 spiro atoms. The van der Waals surface area contributed by atoms with E-state index in [0.717, 1.165) is 42.0 Å². The summed E-state index contributed by atoms with van der Waals surface area (Å²) in [6.45, 7) is 3.78. The smallest absolute Gasteiger partial charge is 0.326 e. The summed E-state index contributed by atoms with van der Waals surface area (Å²) in [5, 5.41) is 7.67. The van der Waals surface area contributed by atoms with Crippen molar-refractivity contribution in [2.24, 2.45) is 5.92 Å². The third-order valence-electron chi connectivity index (χ3n) is 8.99. The van der Waals surface area contributed by atoms with Crippen LogP contribution in [-0.4, -0.2) is 34.6 Å². The number of amides is 2. The zero-order valence-electron chi connectivity index (χ0n) is 29.2. The Morgan fingerprint density at radius 3 is 2.40 bits per heavy atom. The lowest BCUT2D eigenvalue weighted by Crippen LogP contribution is -2.31. The second kappa shape index (κ2) is 15.8. The predicted octanol–water partition coefficient (Wildman–Crippen LogP) is 7.44. The van der Waals surface area contributed by atoms with Crippen molar-refractivity contribution in [3.63, 3.8) is 0 Å². The Bertz CT molecular complexity index is 2370. The average Bonchev–Trinajstić information content (AvgIpc) is 3.94. The number of anilines is 1. The molecule has 4 aromatic carbocycles. The van der Waals surface area contributed by atoms with Crippen molar-refractivity contribution in [2.75, 3.05) is 5.32 Å². The Balaban J connectivity index is 1.34. The van der Waals surface area contributed by atoms with E-state index in [-0.39, 0.29) is 50.7 Å². The quantitative estimate of drug-likeness (QED) is 0.121. The van der Waals surface area contributed by atoms with Gasteiger partial charge < -0.3 is 5.32 Å². The summed E-state index contributed by atoms with van der Waals surface area (Å²) >= 11 is 6.52. The van der Waals surface area contributed by atoms with Crippen molar-refractivity contribution in [1.29, 1.82) is 0 Å². The molecule has 2 amide bonds. The predicted molar refractivity (Wildman–Crippen MR) is 199 cm³/mol. The highest BCUT2D eigenvalue weighted by atomic mass is 35.5. The number of halogens is 3. The fourth-order valence-corrected chi connectivity index (χ4v) is 7.36. The number of benzene rings is 4. The molecule has 276 valence electrons. The molecule has 2 N–H and O–H groups in total. The van der Waals surface area contributed by atoms with E-state index in [2.05, 4.69) is 10.4 Å². The van der Waals surface area contributed by atoms with Crippen LogP contribution >= 0.6 is 11.6 Å². The summed E-state index contributed by atoms with van der Waals surface area (Å²) in [4.78, 5) is 38.8. The van der Waals surface area contributed by atoms with Crippen LogP contribution in [0.5, 0.6) is 0 Å². The summed E-state index contributed by atoms with van der Waals surface area (Å²) < 4.78 is 62.0. The van der Waals surface area contributed by atoms with Gasteiger partial charge in [0.2, 0.25) is 5.91 Å². The van der Waals surface area contributed by atoms with Gasteiger partial charge in [-0.2, -0.15) is 4.68 Å². The summed E-state index contributed by atoms with van der Waals surface area (Å²) in [5.41, 5.74) is 1.03. The topological polar surface area (TPSA) is 132 Å². The molecule has 0 unspecified atom stereocenters. The van der Waals surface area contributed by atoms with Gasteiger partial charge in [0, 0.05) is 29.2 Å². The molecular weight excluding hydrogens is 724 g/mol. The van der Waals surface area contributed by atoms with Gasteiger partial charge in [-0.15, -0.1) is 5.10 Å². The number of aryl methyl sites for hydroxylation is 2. The molecule has 1 saturated carbocycles. The Hall–Kier alpha value is -5.14. The molecule has 1 fully saturated rings. The van der Waals surface area contributed by atoms with Crippen LogP contribution in [-0.2, 0) is 34.2 Å². The first-order valence-corrected chi connectivity index (χ1v) is 19.3. The fourth-order valence-electron chi connectivity index (χ4n) is 5.99. The van der Waals surface area contributed by atoms with Crippen LogP contribution < -0.4 is 15.7 Å². The van der Waals surface area contributed by atoms with E-state index in [4.69, 9.17) is 11.6 Å². The maximum Gasteiger partial charge on any atom is 0.351 e. The fraction of sp³-hybridized carbons (Fsp3) is 0.282. The lowest BCUT2D eigenvalue weighted by Gasteiger charge is -2.15. The van der Waals surface area contributed by atoms with Crippen molar-refractivity contribution >= 4 is 39.1 Å². The molecule has 1 aliphatic rings. The van der Waals surface area contributed by atoms with E-state index in [1.165, 1.54) is 41.0 Å². The highest BCUT2D eigenvalue weighted by Crippen LogP contribution is 2.32. The van der Waals surface area contributed by atoms with E-state index >= 15 is 4.39 Å². The van der Waals surface area contributed by atoms with Gasteiger partial charge in [0.15, 0.2) is 0 Å². The Morgan fingerprint density at radius 2 is 1.70 bits per heavy atom. The van der Waals surface area contributed by atoms with Gasteiger partial charge >= 0.3 is 5.69 Å². The van der Waals surface area contributed by atoms with Crippen molar-refractivity contribution in [2.45, 2.75) is 70.2 Å². The first-order valence-electron chi connectivity index (χ1n) is 17.4. The molecule has 6 rings (SSSR count). The highest BCUT2D eigenvalue weighted by molar-refractivity contribution is 7.90. The molecule has 0 aliphatic heterocycles. The summed E-state index contributed by atoms with van der Waals surface area (Å²) in [6.07, 6.45) is 4.99. The van der Waals surface area contributed by atoms with Gasteiger partial charge in [-0.3, -0.25) is 14.2 Å². The average molecular weight is 762 g/mol. The van der Waals surface area contributed by atoms with Gasteiger partial charge in [-0.1, -0.05) is 68.6 Å². The van der Waals surface area contributed by atoms with Crippen LogP contribution in [0.1, 0.15) is 73.3 Å². The van der Waals surface area contributed by atoms with E-state index in [0.29, 0.717) is 30.8 Å². The van der Waals surface area contributed by atoms with Gasteiger partial charge in [0.1, 0.15) is 17.5 Å². The van der Waals surface area contributed by atoms with E-state index < -0.39 is 38.8 Å². The zero-order chi connectivity index (χ0) is 37.9. The molecule has 1 aromatic heterocycles. The van der Waals surface area contributed by atoms with E-state index in [1.807, 2.05) is 18.6 Å². The number of carbonyl (C=O) groups excluding carboxylic acids is 2. The maximum absolute atomic E-state index is 16.1. The Labute approximate surface area is 310 Å². The molecule has 0 radical (unpaired) electrons. The summed E-state index contributed by atoms with van der Waals surface area (Å²) in [6, 6.07) is 18.6. The molecule has 14 heteroatoms. The number of carbonyl (C=O) groups is 2. The van der Waals surface area contributed by atoms with Gasteiger partial charge in [0.25, 0.3) is 15.9 Å². The first kappa shape index (κ1) is 37.6. The second-order valence-electron chi connectivity index (χ2n) is 13.0. The van der Waals surface area contributed by atoms with Crippen molar-refractivity contribution < 1.29 is 26.8 Å². The molecule has 0 bridgehead atoms. The molecule has 0 atom stereocenters. The number of nitrogens with one attached hydrogen (secondary N) is 2. The van der Waals surface area contributed by atoms with Gasteiger partial charge in [0.05, 0.1) is 27.7 Å². The lowest BCUT2D eigenvalue weighted by atomic mass is 9.99. The van der Waals surface area contributed by atoms with E-state index in [9.17, 15) is 27.2 Å². The number of rotatable bonds is 14. The van der Waals surface area contributed by atoms with Crippen molar-refractivity contribution in [3.05, 3.63) is 129 Å². The number of hydrogen-bond acceptors (Lipinski definition) is 6. The number of sulfonamides is 1. The molecule has 0 saturated heterocycles. The normalized spacial score (nSPS) is 12.8. The van der Waals surface area contributed by atoms with Crippen molar-refractivity contribution in [1.82, 2.24) is 19.1 Å². The second-order valence-corrected chi connectivity index (χ2v) is 15.1. The first-order chi connectivity index (χ1) is 25.4. The molecule has 53 heavy (non-hydrogen) atoms. The minimum Gasteiger partial charge on any atom is -0.326 e. The van der Waals surface area contributed by atoms with Crippen LogP contribution in [0, 0.1) is 17.6 Å². The van der Waals surface area contributed by atoms with Crippen LogP contribution in [0.3, 0.4) is 0 Å². The lowest BCUT2D eigenvalue weighted by molar-refractivity contribution is -0.117. The molecule has 10 nitrogen and oxygen atoms in total. The highest BCUT2D eigenvalue weighted by Gasteiger charge is 2.30. The van der Waals surface area contributed by atoms with Crippen LogP contribution in [0.4, 0.5) is 14.5 Å². The largest absolute Gasteiger partial charge is 0.351 e. The molecule has 1 aliphatic carbocycles. The van der Waals surface area contributed by atoms with E-state index in [1.54, 1.807) is 36.4 Å². The zero-order valence-corrected chi connectivity index (χ0v) is 30.7. The van der Waals surface area contributed by atoms with Crippen molar-refractivity contribution in [3.8, 4) is 16.8 Å². The van der Waals surface area contributed by atoms with Gasteiger partial charge in [-0.05, 0) is 85.3 Å². The van der Waals surface area contributed by atoms with Crippen LogP contribution in [0.15, 0.2) is 88.6 Å². The van der Waals surface area contributed by atoms with Gasteiger partial charge in [-0.25, -0.2) is 26.7 Å². The molecule has 1 heterocycles. The van der Waals surface area contributed by atoms with Crippen LogP contribution in [0.2, 0.25) is 5.02 Å². The maximum atomic E-state index is 16.1. The minimum atomic E-state index is -4.54. The molecular formula is C39H38ClF2N5O5S. The third-order valence-corrected chi connectivity index (χ3v) is 10.7. The summed E-state index contributed by atoms with van der Waals surface area (Å²) in [7, 11) is -4.54. The Kier molecular flexibility index (Phi) is 11.2. The summed E-state index contributed by atoms with van der Waals surface area (Å²) in [5.74, 6) is -2.45. The number of hydrogen-bond donors (Lipinski definition) is 2. The SMILES string of the molecule is CCCCc1nn(-c2cc(NC(=O)C3CC3)ccc2Cl)c(=O)n1Cc1ccc(-c2cc(CCC)ccc2S(=O)(=O)NC(=O)c2ccccc2F)cc1F. The minimum absolute atomic E-state index is 0.0271. The number of unbranched alkanes of at least 4 members (excludes halogenated alkanes) is 1. The van der Waals surface area contributed by atoms with Crippen LogP contribution in [0.25, 0.3) is 16.8 Å². The Morgan fingerprint density at radius 1 is 0.925 bits per heavy atom. The third kappa shape index (κ3) is 8.42. The number of aromatic nitrogens is 3. The number of nitrogens with zero attached hydrogens (tertiary/aromatic N) is 3.